The van der Waals surface area contributed by atoms with E-state index in [0.29, 0.717) is 12.8 Å². The molecule has 22 heavy (non-hydrogen) atoms. The fourth-order valence-electron chi connectivity index (χ4n) is 1.85. The van der Waals surface area contributed by atoms with E-state index in [1.54, 1.807) is 0 Å². The number of hydrogen-bond donors (Lipinski definition) is 1. The van der Waals surface area contributed by atoms with Crippen molar-refractivity contribution in [2.75, 3.05) is 7.11 Å². The molecule has 0 fully saturated rings. The molecule has 0 spiro atoms. The quantitative estimate of drug-likeness (QED) is 0.745. The predicted molar refractivity (Wildman–Crippen MR) is 80.1 cm³/mol. The number of benzene rings is 1. The number of nitrogens with one attached hydrogen (secondary N) is 1. The van der Waals surface area contributed by atoms with Crippen LogP contribution in [-0.2, 0) is 25.7 Å². The van der Waals surface area contributed by atoms with Crippen LogP contribution >= 0.6 is 0 Å². The molecule has 1 aromatic rings. The van der Waals surface area contributed by atoms with Crippen molar-refractivity contribution >= 4 is 17.8 Å². The molecule has 0 saturated carbocycles. The molecule has 0 heterocycles. The molecule has 0 saturated heterocycles. The Labute approximate surface area is 129 Å². The topological polar surface area (TPSA) is 81.7 Å². The molecule has 6 nitrogen and oxygen atoms in total. The molecule has 0 aliphatic carbocycles. The van der Waals surface area contributed by atoms with Crippen LogP contribution in [0.3, 0.4) is 0 Å². The Morgan fingerprint density at radius 2 is 1.86 bits per heavy atom. The molecule has 6 heteroatoms. The minimum atomic E-state index is -1.02. The molecule has 1 rings (SSSR count). The summed E-state index contributed by atoms with van der Waals surface area (Å²) in [4.78, 5) is 35.0. The number of carbonyl (C=O) groups is 3. The lowest BCUT2D eigenvalue weighted by atomic mass is 10.1. The summed E-state index contributed by atoms with van der Waals surface area (Å²) in [6.07, 6.45) is 0.184. The predicted octanol–water partition coefficient (Wildman–Crippen LogP) is 2.21. The van der Waals surface area contributed by atoms with E-state index in [4.69, 9.17) is 4.74 Å². The highest BCUT2D eigenvalue weighted by molar-refractivity contribution is 5.88. The third kappa shape index (κ3) is 6.39. The van der Waals surface area contributed by atoms with Gasteiger partial charge in [0.15, 0.2) is 0 Å². The zero-order valence-corrected chi connectivity index (χ0v) is 12.8. The molecule has 1 N–H and O–H groups in total. The van der Waals surface area contributed by atoms with Gasteiger partial charge in [-0.15, -0.1) is 0 Å². The Morgan fingerprint density at radius 3 is 2.45 bits per heavy atom. The van der Waals surface area contributed by atoms with E-state index in [0.717, 1.165) is 5.56 Å². The Kier molecular flexibility index (Phi) is 7.67. The number of esters is 1. The Balaban J connectivity index is 2.51. The van der Waals surface area contributed by atoms with E-state index in [1.807, 2.05) is 37.3 Å². The van der Waals surface area contributed by atoms with Gasteiger partial charge < -0.3 is 14.8 Å². The van der Waals surface area contributed by atoms with Crippen LogP contribution in [0.2, 0.25) is 0 Å². The highest BCUT2D eigenvalue weighted by Gasteiger charge is 2.24. The maximum atomic E-state index is 11.7. The van der Waals surface area contributed by atoms with E-state index >= 15 is 0 Å². The average Bonchev–Trinajstić information content (AvgIpc) is 2.52. The smallest absolute Gasteiger partial charge is 0.408 e. The van der Waals surface area contributed by atoms with Crippen LogP contribution in [0.4, 0.5) is 4.79 Å². The number of hydrogen-bond acceptors (Lipinski definition) is 5. The second kappa shape index (κ2) is 9.55. The van der Waals surface area contributed by atoms with Gasteiger partial charge in [0.1, 0.15) is 18.4 Å². The second-order valence-corrected chi connectivity index (χ2v) is 4.77. The van der Waals surface area contributed by atoms with Gasteiger partial charge in [0.25, 0.3) is 0 Å². The van der Waals surface area contributed by atoms with Crippen LogP contribution in [0.25, 0.3) is 0 Å². The van der Waals surface area contributed by atoms with E-state index in [2.05, 4.69) is 10.1 Å². The highest BCUT2D eigenvalue weighted by Crippen LogP contribution is 2.04. The van der Waals surface area contributed by atoms with Crippen molar-refractivity contribution in [2.45, 2.75) is 38.8 Å². The molecule has 0 bridgehead atoms. The largest absolute Gasteiger partial charge is 0.467 e. The minimum Gasteiger partial charge on any atom is -0.467 e. The SMILES string of the molecule is CCCC(=O)C[C@H](NC(=O)OCc1ccccc1)C(=O)OC. The Hall–Kier alpha value is -2.37. The van der Waals surface area contributed by atoms with Gasteiger partial charge in [0.2, 0.25) is 0 Å². The molecule has 1 amide bonds. The molecule has 120 valence electrons. The van der Waals surface area contributed by atoms with Gasteiger partial charge in [-0.05, 0) is 12.0 Å². The van der Waals surface area contributed by atoms with Crippen LogP contribution in [0, 0.1) is 0 Å². The lowest BCUT2D eigenvalue weighted by molar-refractivity contribution is -0.144. The third-order valence-electron chi connectivity index (χ3n) is 2.95. The van der Waals surface area contributed by atoms with Crippen LogP contribution in [-0.4, -0.2) is 31.0 Å². The fraction of sp³-hybridized carbons (Fsp3) is 0.438. The number of Topliss-reactive ketones (excluding diaryl/α,β-unsaturated/α-hetero) is 1. The summed E-state index contributed by atoms with van der Waals surface area (Å²) in [6, 6.07) is 8.13. The van der Waals surface area contributed by atoms with Crippen molar-refractivity contribution in [3.63, 3.8) is 0 Å². The van der Waals surface area contributed by atoms with E-state index in [9.17, 15) is 14.4 Å². The molecule has 1 atom stereocenters. The first kappa shape index (κ1) is 17.7. The van der Waals surface area contributed by atoms with Crippen LogP contribution in [0.1, 0.15) is 31.7 Å². The zero-order chi connectivity index (χ0) is 16.4. The van der Waals surface area contributed by atoms with Crippen molar-refractivity contribution in [1.82, 2.24) is 5.32 Å². The first-order valence-electron chi connectivity index (χ1n) is 7.13. The first-order chi connectivity index (χ1) is 10.6. The van der Waals surface area contributed by atoms with Crippen molar-refractivity contribution in [3.05, 3.63) is 35.9 Å². The summed E-state index contributed by atoms with van der Waals surface area (Å²) in [5.74, 6) is -0.776. The average molecular weight is 307 g/mol. The van der Waals surface area contributed by atoms with Crippen molar-refractivity contribution in [1.29, 1.82) is 0 Å². The standard InChI is InChI=1S/C16H21NO5/c1-3-7-13(18)10-14(15(19)21-2)17-16(20)22-11-12-8-5-4-6-9-12/h4-6,8-9,14H,3,7,10-11H2,1-2H3,(H,17,20)/t14-/m0/s1. The van der Waals surface area contributed by atoms with Gasteiger partial charge in [-0.25, -0.2) is 9.59 Å². The number of ketones is 1. The maximum Gasteiger partial charge on any atom is 0.408 e. The van der Waals surface area contributed by atoms with Crippen molar-refractivity contribution in [2.24, 2.45) is 0 Å². The Bertz CT molecular complexity index is 501. The summed E-state index contributed by atoms with van der Waals surface area (Å²) >= 11 is 0. The number of ether oxygens (including phenoxy) is 2. The molecule has 1 aromatic carbocycles. The number of rotatable bonds is 8. The fourth-order valence-corrected chi connectivity index (χ4v) is 1.85. The third-order valence-corrected chi connectivity index (χ3v) is 2.95. The van der Waals surface area contributed by atoms with E-state index in [-0.39, 0.29) is 18.8 Å². The van der Waals surface area contributed by atoms with Gasteiger partial charge in [0.05, 0.1) is 7.11 Å². The zero-order valence-electron chi connectivity index (χ0n) is 12.8. The summed E-state index contributed by atoms with van der Waals surface area (Å²) in [7, 11) is 1.20. The van der Waals surface area contributed by atoms with Crippen LogP contribution in [0.15, 0.2) is 30.3 Å². The van der Waals surface area contributed by atoms with Crippen LogP contribution < -0.4 is 5.32 Å². The summed E-state index contributed by atoms with van der Waals surface area (Å²) in [5.41, 5.74) is 0.828. The molecule has 0 aromatic heterocycles. The van der Waals surface area contributed by atoms with Gasteiger partial charge >= 0.3 is 12.1 Å². The summed E-state index contributed by atoms with van der Waals surface area (Å²) in [5, 5.41) is 2.37. The normalized spacial score (nSPS) is 11.4. The van der Waals surface area contributed by atoms with Crippen molar-refractivity contribution in [3.8, 4) is 0 Å². The molecule has 0 unspecified atom stereocenters. The van der Waals surface area contributed by atoms with Gasteiger partial charge in [-0.1, -0.05) is 37.3 Å². The number of methoxy groups -OCH3 is 1. The Morgan fingerprint density at radius 1 is 1.18 bits per heavy atom. The van der Waals surface area contributed by atoms with E-state index < -0.39 is 18.1 Å². The summed E-state index contributed by atoms with van der Waals surface area (Å²) in [6.45, 7) is 1.95. The monoisotopic (exact) mass is 307 g/mol. The lowest BCUT2D eigenvalue weighted by Crippen LogP contribution is -2.43. The highest BCUT2D eigenvalue weighted by atomic mass is 16.6. The maximum absolute atomic E-state index is 11.7. The molecule has 0 radical (unpaired) electrons. The lowest BCUT2D eigenvalue weighted by Gasteiger charge is -2.15. The minimum absolute atomic E-state index is 0.0868. The van der Waals surface area contributed by atoms with Crippen LogP contribution in [0.5, 0.6) is 0 Å². The second-order valence-electron chi connectivity index (χ2n) is 4.77. The number of carbonyl (C=O) groups excluding carboxylic acids is 3. The summed E-state index contributed by atoms with van der Waals surface area (Å²) < 4.78 is 9.62. The molecule has 0 aliphatic heterocycles. The number of alkyl carbamates (subject to hydrolysis) is 1. The van der Waals surface area contributed by atoms with E-state index in [1.165, 1.54) is 7.11 Å². The molecular weight excluding hydrogens is 286 g/mol. The molecular formula is C16H21NO5. The van der Waals surface area contributed by atoms with Gasteiger partial charge in [-0.2, -0.15) is 0 Å². The van der Waals surface area contributed by atoms with Crippen molar-refractivity contribution < 1.29 is 23.9 Å². The first-order valence-corrected chi connectivity index (χ1v) is 7.13. The van der Waals surface area contributed by atoms with Gasteiger partial charge in [0, 0.05) is 12.8 Å². The molecule has 0 aliphatic rings. The van der Waals surface area contributed by atoms with Gasteiger partial charge in [-0.3, -0.25) is 4.79 Å². The number of amides is 1.